The Kier molecular flexibility index (Phi) is 14.6. The minimum atomic E-state index is -3.19. The molecule has 1 saturated heterocycles. The molecule has 288 valence electrons. The van der Waals surface area contributed by atoms with E-state index in [0.717, 1.165) is 10.4 Å². The van der Waals surface area contributed by atoms with Gasteiger partial charge in [0.1, 0.15) is 31.0 Å². The molecular weight excluding hydrogens is 685 g/mol. The van der Waals surface area contributed by atoms with Gasteiger partial charge in [-0.3, -0.25) is 9.59 Å². The van der Waals surface area contributed by atoms with Gasteiger partial charge in [0, 0.05) is 11.8 Å². The summed E-state index contributed by atoms with van der Waals surface area (Å²) in [5.41, 5.74) is 0. The summed E-state index contributed by atoms with van der Waals surface area (Å²) in [6.45, 7) is 12.6. The fourth-order valence-corrected chi connectivity index (χ4v) is 11.8. The number of esters is 1. The van der Waals surface area contributed by atoms with Crippen LogP contribution in [0, 0.1) is 11.8 Å². The van der Waals surface area contributed by atoms with Crippen LogP contribution in [0.3, 0.4) is 0 Å². The van der Waals surface area contributed by atoms with Crippen LogP contribution in [0.15, 0.2) is 60.7 Å². The molecule has 1 heterocycles. The molecule has 0 spiro atoms. The average molecular weight is 743 g/mol. The average Bonchev–Trinajstić information content (AvgIpc) is 3.12. The van der Waals surface area contributed by atoms with Crippen LogP contribution in [-0.4, -0.2) is 106 Å². The number of nitrogens with one attached hydrogen (secondary N) is 2. The quantitative estimate of drug-likeness (QED) is 0.167. The van der Waals surface area contributed by atoms with Crippen molar-refractivity contribution in [3.05, 3.63) is 60.7 Å². The molecule has 1 aliphatic carbocycles. The molecule has 2 aromatic rings. The van der Waals surface area contributed by atoms with E-state index in [1.807, 2.05) is 50.2 Å². The molecule has 0 radical (unpaired) electrons. The number of hydrogen-bond acceptors (Lipinski definition) is 10. The Balaban J connectivity index is 1.84. The maximum atomic E-state index is 13.3. The number of aliphatic hydroxyl groups is 2. The van der Waals surface area contributed by atoms with Crippen LogP contribution in [0.5, 0.6) is 0 Å². The molecular formula is C39H58N2O10Si. The van der Waals surface area contributed by atoms with Crippen LogP contribution in [0.1, 0.15) is 67.7 Å². The van der Waals surface area contributed by atoms with E-state index in [1.165, 1.54) is 7.11 Å². The number of hydrogen-bond donors (Lipinski definition) is 4. The second-order valence-corrected chi connectivity index (χ2v) is 19.6. The second-order valence-electron chi connectivity index (χ2n) is 15.4. The molecule has 2 aromatic carbocycles. The standard InChI is InChI=1S/C39H58N2O10Si/c1-24(2)36(45)40-28-20-15-21-29(34(28)51-52(39(5,6)7,26-16-11-9-12-17-26)27-18-13-10-14-19-27)49-38-32(41-37(46)25(3)4)35(48-23-31(43)47-8)33(44)30(22-42)50-38/h9-14,16-19,24-25,28-30,32-35,38,42,44H,15,20-23H2,1-8H3,(H,40,45)(H,41,46)/t28-,29+,30?,32?,33-,34+,35-,38?/m1/s1. The van der Waals surface area contributed by atoms with Gasteiger partial charge in [-0.1, -0.05) is 109 Å². The highest BCUT2D eigenvalue weighted by atomic mass is 28.4. The Morgan fingerprint density at radius 3 is 1.94 bits per heavy atom. The summed E-state index contributed by atoms with van der Waals surface area (Å²) >= 11 is 0. The lowest BCUT2D eigenvalue weighted by Gasteiger charge is -2.51. The maximum Gasteiger partial charge on any atom is 0.331 e. The van der Waals surface area contributed by atoms with Gasteiger partial charge >= 0.3 is 5.97 Å². The molecule has 1 aliphatic heterocycles. The van der Waals surface area contributed by atoms with E-state index < -0.39 is 87.4 Å². The van der Waals surface area contributed by atoms with Crippen molar-refractivity contribution >= 4 is 36.5 Å². The van der Waals surface area contributed by atoms with Gasteiger partial charge in [-0.2, -0.15) is 0 Å². The fourth-order valence-electron chi connectivity index (χ4n) is 7.09. The number of carbonyl (C=O) groups excluding carboxylic acids is 3. The number of methoxy groups -OCH3 is 1. The van der Waals surface area contributed by atoms with E-state index in [1.54, 1.807) is 13.8 Å². The second kappa shape index (κ2) is 18.2. The van der Waals surface area contributed by atoms with E-state index in [-0.39, 0.29) is 17.7 Å². The van der Waals surface area contributed by atoms with Gasteiger partial charge in [0.2, 0.25) is 11.8 Å². The van der Waals surface area contributed by atoms with Gasteiger partial charge in [0.25, 0.3) is 8.32 Å². The molecule has 2 fully saturated rings. The van der Waals surface area contributed by atoms with Crippen molar-refractivity contribution in [2.75, 3.05) is 20.3 Å². The van der Waals surface area contributed by atoms with Crippen LogP contribution in [0.4, 0.5) is 0 Å². The monoisotopic (exact) mass is 742 g/mol. The molecule has 4 N–H and O–H groups in total. The summed E-state index contributed by atoms with van der Waals surface area (Å²) in [6.07, 6.45) is -4.50. The van der Waals surface area contributed by atoms with Crippen molar-refractivity contribution in [3.63, 3.8) is 0 Å². The highest BCUT2D eigenvalue weighted by Gasteiger charge is 2.55. The Hall–Kier alpha value is -3.17. The summed E-state index contributed by atoms with van der Waals surface area (Å²) in [7, 11) is -1.98. The van der Waals surface area contributed by atoms with E-state index in [2.05, 4.69) is 55.7 Å². The lowest BCUT2D eigenvalue weighted by Crippen LogP contribution is -2.71. The van der Waals surface area contributed by atoms with Gasteiger partial charge in [0.05, 0.1) is 32.0 Å². The molecule has 52 heavy (non-hydrogen) atoms. The van der Waals surface area contributed by atoms with Crippen molar-refractivity contribution in [3.8, 4) is 0 Å². The summed E-state index contributed by atoms with van der Waals surface area (Å²) in [5.74, 6) is -1.86. The van der Waals surface area contributed by atoms with E-state index >= 15 is 0 Å². The molecule has 0 aromatic heterocycles. The highest BCUT2D eigenvalue weighted by molar-refractivity contribution is 6.99. The van der Waals surface area contributed by atoms with E-state index in [4.69, 9.17) is 23.4 Å². The molecule has 0 bridgehead atoms. The van der Waals surface area contributed by atoms with E-state index in [0.29, 0.717) is 19.3 Å². The van der Waals surface area contributed by atoms with Crippen LogP contribution in [0.25, 0.3) is 0 Å². The SMILES string of the molecule is COC(=O)CO[C@@H]1C(NC(=O)C(C)C)C(O[C@H]2CCC[C@@H](NC(=O)C(C)C)[C@@H]2O[Si](c2ccccc2)(c2ccccc2)C(C)(C)C)OC(CO)[C@H]1O. The van der Waals surface area contributed by atoms with Crippen molar-refractivity contribution in [1.29, 1.82) is 0 Å². The molecule has 4 rings (SSSR count). The first-order chi connectivity index (χ1) is 24.6. The number of rotatable bonds is 14. The lowest BCUT2D eigenvalue weighted by atomic mass is 9.89. The van der Waals surface area contributed by atoms with Crippen LogP contribution in [-0.2, 0) is 37.8 Å². The molecule has 8 atom stereocenters. The van der Waals surface area contributed by atoms with Crippen molar-refractivity contribution in [2.45, 2.75) is 122 Å². The third-order valence-corrected chi connectivity index (χ3v) is 15.0. The Labute approximate surface area is 309 Å². The highest BCUT2D eigenvalue weighted by Crippen LogP contribution is 2.40. The number of amides is 2. The zero-order valence-electron chi connectivity index (χ0n) is 31.7. The van der Waals surface area contributed by atoms with Crippen LogP contribution in [0.2, 0.25) is 5.04 Å². The number of carbonyl (C=O) groups is 3. The Morgan fingerprint density at radius 1 is 0.885 bits per heavy atom. The first-order valence-electron chi connectivity index (χ1n) is 18.3. The normalized spacial score (nSPS) is 26.9. The summed E-state index contributed by atoms with van der Waals surface area (Å²) in [5, 5.41) is 29.4. The largest absolute Gasteiger partial charge is 0.467 e. The van der Waals surface area contributed by atoms with Crippen molar-refractivity contribution in [2.24, 2.45) is 11.8 Å². The minimum absolute atomic E-state index is 0.113. The van der Waals surface area contributed by atoms with Crippen LogP contribution < -0.4 is 21.0 Å². The topological polar surface area (TPSA) is 162 Å². The molecule has 2 aliphatic rings. The Bertz CT molecular complexity index is 1410. The van der Waals surface area contributed by atoms with Crippen molar-refractivity contribution in [1.82, 2.24) is 10.6 Å². The third-order valence-electron chi connectivity index (χ3n) is 9.97. The molecule has 13 heteroatoms. The first kappa shape index (κ1) is 41.6. The number of ether oxygens (including phenoxy) is 4. The summed E-state index contributed by atoms with van der Waals surface area (Å²) < 4.78 is 31.4. The number of benzene rings is 2. The first-order valence-corrected chi connectivity index (χ1v) is 20.2. The van der Waals surface area contributed by atoms with Crippen molar-refractivity contribution < 1.29 is 48.0 Å². The fraction of sp³-hybridized carbons (Fsp3) is 0.615. The molecule has 1 saturated carbocycles. The molecule has 3 unspecified atom stereocenters. The van der Waals surface area contributed by atoms with Gasteiger partial charge in [-0.25, -0.2) is 4.79 Å². The number of aliphatic hydroxyl groups excluding tert-OH is 2. The van der Waals surface area contributed by atoms with Gasteiger partial charge < -0.3 is 44.2 Å². The van der Waals surface area contributed by atoms with Crippen LogP contribution >= 0.6 is 0 Å². The van der Waals surface area contributed by atoms with Gasteiger partial charge in [-0.15, -0.1) is 0 Å². The maximum absolute atomic E-state index is 13.3. The zero-order valence-corrected chi connectivity index (χ0v) is 32.7. The smallest absolute Gasteiger partial charge is 0.331 e. The van der Waals surface area contributed by atoms with E-state index in [9.17, 15) is 24.6 Å². The zero-order chi connectivity index (χ0) is 38.2. The third kappa shape index (κ3) is 9.48. The molecule has 2 amide bonds. The lowest BCUT2D eigenvalue weighted by molar-refractivity contribution is -0.296. The van der Waals surface area contributed by atoms with Gasteiger partial charge in [-0.05, 0) is 34.7 Å². The summed E-state index contributed by atoms with van der Waals surface area (Å²) in [6, 6.07) is 18.9. The minimum Gasteiger partial charge on any atom is -0.467 e. The predicted molar refractivity (Wildman–Crippen MR) is 198 cm³/mol. The van der Waals surface area contributed by atoms with Gasteiger partial charge in [0.15, 0.2) is 6.29 Å². The predicted octanol–water partition coefficient (Wildman–Crippen LogP) is 2.42. The summed E-state index contributed by atoms with van der Waals surface area (Å²) in [4.78, 5) is 38.7. The molecule has 12 nitrogen and oxygen atoms in total. The Morgan fingerprint density at radius 2 is 1.44 bits per heavy atom.